The quantitative estimate of drug-likeness (QED) is 0.778. The number of piperazine rings is 1. The van der Waals surface area contributed by atoms with Crippen molar-refractivity contribution in [2.75, 3.05) is 19.6 Å². The van der Waals surface area contributed by atoms with Gasteiger partial charge in [-0.3, -0.25) is 4.90 Å². The number of hydrogen-bond acceptors (Lipinski definition) is 5. The Morgan fingerprint density at radius 2 is 2.17 bits per heavy atom. The van der Waals surface area contributed by atoms with E-state index in [0.29, 0.717) is 0 Å². The van der Waals surface area contributed by atoms with Gasteiger partial charge in [0.25, 0.3) is 0 Å². The number of fused-ring (bicyclic) bond motifs is 1. The Hall–Kier alpha value is -1.47. The SMILES string of the molecule is Cc1nn2c(CN3CCNCC3c3ccccc3Cl)c(C)nc2s1. The first-order chi connectivity index (χ1) is 11.6. The Labute approximate surface area is 150 Å². The number of aromatic nitrogens is 3. The van der Waals surface area contributed by atoms with E-state index in [9.17, 15) is 0 Å². The van der Waals surface area contributed by atoms with Gasteiger partial charge in [-0.15, -0.1) is 0 Å². The van der Waals surface area contributed by atoms with E-state index in [2.05, 4.69) is 39.4 Å². The number of aryl methyl sites for hydroxylation is 2. The van der Waals surface area contributed by atoms with E-state index in [0.717, 1.165) is 46.9 Å². The molecule has 0 amide bonds. The highest BCUT2D eigenvalue weighted by Gasteiger charge is 2.27. The normalized spacial score (nSPS) is 19.2. The van der Waals surface area contributed by atoms with Crippen LogP contribution in [0.15, 0.2) is 24.3 Å². The molecule has 0 aliphatic carbocycles. The van der Waals surface area contributed by atoms with Crippen LogP contribution in [-0.4, -0.2) is 39.1 Å². The lowest BCUT2D eigenvalue weighted by Crippen LogP contribution is -2.45. The van der Waals surface area contributed by atoms with E-state index in [1.54, 1.807) is 11.3 Å². The second kappa shape index (κ2) is 6.44. The summed E-state index contributed by atoms with van der Waals surface area (Å²) in [6.45, 7) is 7.78. The first-order valence-electron chi connectivity index (χ1n) is 8.14. The van der Waals surface area contributed by atoms with Crippen molar-refractivity contribution >= 4 is 27.9 Å². The average molecular weight is 362 g/mol. The van der Waals surface area contributed by atoms with E-state index in [-0.39, 0.29) is 6.04 Å². The Morgan fingerprint density at radius 3 is 3.00 bits per heavy atom. The predicted molar refractivity (Wildman–Crippen MR) is 97.8 cm³/mol. The summed E-state index contributed by atoms with van der Waals surface area (Å²) in [5.74, 6) is 0. The molecule has 1 unspecified atom stereocenters. The van der Waals surface area contributed by atoms with Crippen molar-refractivity contribution in [3.05, 3.63) is 51.2 Å². The smallest absolute Gasteiger partial charge is 0.212 e. The van der Waals surface area contributed by atoms with E-state index < -0.39 is 0 Å². The minimum absolute atomic E-state index is 0.261. The number of hydrogen-bond donors (Lipinski definition) is 1. The van der Waals surface area contributed by atoms with E-state index in [1.165, 1.54) is 11.3 Å². The number of nitrogens with one attached hydrogen (secondary N) is 1. The Bertz CT molecular complexity index is 871. The molecule has 126 valence electrons. The molecule has 0 spiro atoms. The van der Waals surface area contributed by atoms with Gasteiger partial charge in [-0.25, -0.2) is 9.50 Å². The topological polar surface area (TPSA) is 45.5 Å². The van der Waals surface area contributed by atoms with Gasteiger partial charge in [-0.1, -0.05) is 41.1 Å². The molecule has 3 heterocycles. The first kappa shape index (κ1) is 16.0. The van der Waals surface area contributed by atoms with Crippen LogP contribution in [0.5, 0.6) is 0 Å². The van der Waals surface area contributed by atoms with Gasteiger partial charge in [0.15, 0.2) is 0 Å². The highest BCUT2D eigenvalue weighted by atomic mass is 35.5. The summed E-state index contributed by atoms with van der Waals surface area (Å²) in [7, 11) is 0. The molecule has 5 nitrogen and oxygen atoms in total. The molecule has 1 aliphatic rings. The highest BCUT2D eigenvalue weighted by molar-refractivity contribution is 7.16. The van der Waals surface area contributed by atoms with Gasteiger partial charge in [0.05, 0.1) is 11.4 Å². The predicted octanol–water partition coefficient (Wildman–Crippen LogP) is 3.21. The largest absolute Gasteiger partial charge is 0.314 e. The van der Waals surface area contributed by atoms with Crippen LogP contribution in [0.1, 0.15) is 28.0 Å². The summed E-state index contributed by atoms with van der Waals surface area (Å²) in [5, 5.41) is 9.98. The summed E-state index contributed by atoms with van der Waals surface area (Å²) < 4.78 is 2.00. The molecule has 1 aliphatic heterocycles. The molecule has 1 aromatic carbocycles. The molecule has 1 saturated heterocycles. The summed E-state index contributed by atoms with van der Waals surface area (Å²) >= 11 is 8.09. The number of nitrogens with zero attached hydrogens (tertiary/aromatic N) is 4. The van der Waals surface area contributed by atoms with Gasteiger partial charge < -0.3 is 5.32 Å². The maximum absolute atomic E-state index is 6.45. The Balaban J connectivity index is 1.68. The van der Waals surface area contributed by atoms with E-state index >= 15 is 0 Å². The van der Waals surface area contributed by atoms with E-state index in [1.807, 2.05) is 23.6 Å². The number of halogens is 1. The van der Waals surface area contributed by atoms with Crippen molar-refractivity contribution in [2.24, 2.45) is 0 Å². The molecule has 1 fully saturated rings. The summed E-state index contributed by atoms with van der Waals surface area (Å²) in [6.07, 6.45) is 0. The van der Waals surface area contributed by atoms with Crippen molar-refractivity contribution < 1.29 is 0 Å². The van der Waals surface area contributed by atoms with Gasteiger partial charge in [0.2, 0.25) is 4.96 Å². The van der Waals surface area contributed by atoms with Crippen LogP contribution in [0, 0.1) is 13.8 Å². The zero-order chi connectivity index (χ0) is 16.7. The zero-order valence-electron chi connectivity index (χ0n) is 13.8. The van der Waals surface area contributed by atoms with Crippen LogP contribution in [0.4, 0.5) is 0 Å². The van der Waals surface area contributed by atoms with Crippen LogP contribution < -0.4 is 5.32 Å². The molecular weight excluding hydrogens is 342 g/mol. The fourth-order valence-corrected chi connectivity index (χ4v) is 4.42. The lowest BCUT2D eigenvalue weighted by Gasteiger charge is -2.36. The van der Waals surface area contributed by atoms with Crippen LogP contribution >= 0.6 is 22.9 Å². The van der Waals surface area contributed by atoms with Gasteiger partial charge >= 0.3 is 0 Å². The summed E-state index contributed by atoms with van der Waals surface area (Å²) in [4.78, 5) is 8.12. The van der Waals surface area contributed by atoms with Crippen LogP contribution in [0.2, 0.25) is 5.02 Å². The average Bonchev–Trinajstić information content (AvgIpc) is 3.05. The van der Waals surface area contributed by atoms with Gasteiger partial charge in [-0.05, 0) is 25.5 Å². The van der Waals surface area contributed by atoms with Crippen molar-refractivity contribution in [3.8, 4) is 0 Å². The molecular formula is C17H20ClN5S. The van der Waals surface area contributed by atoms with Crippen molar-refractivity contribution in [2.45, 2.75) is 26.4 Å². The third kappa shape index (κ3) is 2.84. The van der Waals surface area contributed by atoms with Crippen molar-refractivity contribution in [1.29, 1.82) is 0 Å². The standard InChI is InChI=1S/C17H20ClN5S/c1-11-16(23-17(20-11)24-12(2)21-23)10-22-8-7-19-9-15(22)13-5-3-4-6-14(13)18/h3-6,15,19H,7-10H2,1-2H3. The number of rotatable bonds is 3. The maximum Gasteiger partial charge on any atom is 0.212 e. The fraction of sp³-hybridized carbons (Fsp3) is 0.412. The van der Waals surface area contributed by atoms with Crippen molar-refractivity contribution in [3.63, 3.8) is 0 Å². The molecule has 1 N–H and O–H groups in total. The fourth-order valence-electron chi connectivity index (χ4n) is 3.35. The lowest BCUT2D eigenvalue weighted by molar-refractivity contribution is 0.151. The molecule has 0 bridgehead atoms. The Morgan fingerprint density at radius 1 is 1.33 bits per heavy atom. The number of imidazole rings is 1. The van der Waals surface area contributed by atoms with E-state index in [4.69, 9.17) is 11.6 Å². The molecule has 3 aromatic rings. The minimum atomic E-state index is 0.261. The summed E-state index contributed by atoms with van der Waals surface area (Å²) in [5.41, 5.74) is 3.41. The zero-order valence-corrected chi connectivity index (χ0v) is 15.4. The molecule has 0 saturated carbocycles. The van der Waals surface area contributed by atoms with Crippen molar-refractivity contribution in [1.82, 2.24) is 24.8 Å². The molecule has 7 heteroatoms. The van der Waals surface area contributed by atoms with Gasteiger partial charge in [0.1, 0.15) is 5.01 Å². The number of benzene rings is 1. The lowest BCUT2D eigenvalue weighted by atomic mass is 10.0. The second-order valence-corrected chi connectivity index (χ2v) is 7.74. The summed E-state index contributed by atoms with van der Waals surface area (Å²) in [6, 6.07) is 8.39. The molecule has 24 heavy (non-hydrogen) atoms. The third-order valence-corrected chi connectivity index (χ3v) is 5.74. The van der Waals surface area contributed by atoms with Crippen LogP contribution in [0.25, 0.3) is 4.96 Å². The third-order valence-electron chi connectivity index (χ3n) is 4.57. The first-order valence-corrected chi connectivity index (χ1v) is 9.34. The molecule has 4 rings (SSSR count). The van der Waals surface area contributed by atoms with Gasteiger partial charge in [0, 0.05) is 37.2 Å². The molecule has 2 aromatic heterocycles. The van der Waals surface area contributed by atoms with Crippen LogP contribution in [0.3, 0.4) is 0 Å². The Kier molecular flexibility index (Phi) is 4.30. The highest BCUT2D eigenvalue weighted by Crippen LogP contribution is 2.30. The molecule has 0 radical (unpaired) electrons. The maximum atomic E-state index is 6.45. The molecule has 1 atom stereocenters. The van der Waals surface area contributed by atoms with Gasteiger partial charge in [-0.2, -0.15) is 5.10 Å². The minimum Gasteiger partial charge on any atom is -0.314 e. The van der Waals surface area contributed by atoms with Crippen LogP contribution in [-0.2, 0) is 6.54 Å². The monoisotopic (exact) mass is 361 g/mol. The second-order valence-electron chi connectivity index (χ2n) is 6.17.